The van der Waals surface area contributed by atoms with Gasteiger partial charge in [-0.25, -0.2) is 0 Å². The molecule has 1 amide bonds. The number of rotatable bonds is 3. The molecule has 0 aliphatic carbocycles. The summed E-state index contributed by atoms with van der Waals surface area (Å²) < 4.78 is 0. The average Bonchev–Trinajstić information content (AvgIpc) is 2.82. The fraction of sp³-hybridized carbons (Fsp3) is 0.300. The summed E-state index contributed by atoms with van der Waals surface area (Å²) in [5, 5.41) is 16.1. The molecular weight excluding hydrogens is 220 g/mol. The van der Waals surface area contributed by atoms with Crippen molar-refractivity contribution >= 4 is 5.91 Å². The van der Waals surface area contributed by atoms with Crippen molar-refractivity contribution in [3.8, 4) is 0 Å². The number of H-pyrrole nitrogens is 1. The maximum absolute atomic E-state index is 11.9. The highest BCUT2D eigenvalue weighted by Gasteiger charge is 2.16. The van der Waals surface area contributed by atoms with Crippen LogP contribution in [0.4, 0.5) is 0 Å². The van der Waals surface area contributed by atoms with Crippen LogP contribution in [-0.4, -0.2) is 31.5 Å². The van der Waals surface area contributed by atoms with Crippen molar-refractivity contribution in [2.75, 3.05) is 0 Å². The zero-order valence-electron chi connectivity index (χ0n) is 9.51. The first kappa shape index (κ1) is 11.2. The van der Waals surface area contributed by atoms with Gasteiger partial charge in [-0.05, 0) is 25.5 Å². The van der Waals surface area contributed by atoms with E-state index in [-0.39, 0.29) is 11.9 Å². The summed E-state index contributed by atoms with van der Waals surface area (Å²) >= 11 is 0. The smallest absolute Gasteiger partial charge is 0.270 e. The number of aromatic nitrogens is 5. The average molecular weight is 232 g/mol. The lowest BCUT2D eigenvalue weighted by atomic mass is 10.2. The maximum Gasteiger partial charge on any atom is 0.270 e. The molecule has 88 valence electrons. The van der Waals surface area contributed by atoms with Crippen molar-refractivity contribution in [1.29, 1.82) is 0 Å². The Bertz CT molecular complexity index is 509. The highest BCUT2D eigenvalue weighted by molar-refractivity contribution is 5.93. The van der Waals surface area contributed by atoms with Gasteiger partial charge in [0.15, 0.2) is 5.82 Å². The Hall–Kier alpha value is -2.31. The monoisotopic (exact) mass is 232 g/mol. The molecule has 7 heteroatoms. The molecule has 2 aromatic rings. The summed E-state index contributed by atoms with van der Waals surface area (Å²) in [6, 6.07) is 3.30. The van der Waals surface area contributed by atoms with Gasteiger partial charge in [0.1, 0.15) is 5.69 Å². The van der Waals surface area contributed by atoms with Crippen LogP contribution in [0.5, 0.6) is 0 Å². The molecule has 0 saturated carbocycles. The third-order valence-corrected chi connectivity index (χ3v) is 2.32. The van der Waals surface area contributed by atoms with Gasteiger partial charge in [0.05, 0.1) is 6.04 Å². The fourth-order valence-corrected chi connectivity index (χ4v) is 1.41. The highest BCUT2D eigenvalue weighted by Crippen LogP contribution is 2.07. The molecule has 1 atom stereocenters. The van der Waals surface area contributed by atoms with E-state index >= 15 is 0 Å². The van der Waals surface area contributed by atoms with Crippen molar-refractivity contribution in [2.45, 2.75) is 19.9 Å². The van der Waals surface area contributed by atoms with Gasteiger partial charge in [-0.15, -0.1) is 10.2 Å². The molecule has 17 heavy (non-hydrogen) atoms. The van der Waals surface area contributed by atoms with E-state index in [2.05, 4.69) is 30.9 Å². The van der Waals surface area contributed by atoms with Crippen LogP contribution in [0.3, 0.4) is 0 Å². The summed E-state index contributed by atoms with van der Waals surface area (Å²) in [5.74, 6) is 0.187. The number of hydrogen-bond donors (Lipinski definition) is 2. The van der Waals surface area contributed by atoms with E-state index < -0.39 is 0 Å². The standard InChI is InChI=1S/C10H12N6O/c1-6-4-3-5-11-8(6)10(17)12-7(2)9-13-15-16-14-9/h3-5,7H,1-2H3,(H,12,17)(H,13,14,15,16). The zero-order valence-corrected chi connectivity index (χ0v) is 9.51. The molecule has 2 heterocycles. The molecule has 2 rings (SSSR count). The summed E-state index contributed by atoms with van der Waals surface area (Å²) in [6.07, 6.45) is 1.58. The lowest BCUT2D eigenvalue weighted by Crippen LogP contribution is -2.28. The van der Waals surface area contributed by atoms with Gasteiger partial charge in [-0.3, -0.25) is 9.78 Å². The highest BCUT2D eigenvalue weighted by atomic mass is 16.2. The predicted molar refractivity (Wildman–Crippen MR) is 59.0 cm³/mol. The van der Waals surface area contributed by atoms with Crippen LogP contribution in [0.15, 0.2) is 18.3 Å². The van der Waals surface area contributed by atoms with Crippen molar-refractivity contribution in [3.05, 3.63) is 35.4 Å². The summed E-state index contributed by atoms with van der Waals surface area (Å²) in [4.78, 5) is 15.9. The minimum absolute atomic E-state index is 0.250. The SMILES string of the molecule is Cc1cccnc1C(=O)NC(C)c1nn[nH]n1. The van der Waals surface area contributed by atoms with Gasteiger partial charge >= 0.3 is 0 Å². The molecule has 2 aromatic heterocycles. The van der Waals surface area contributed by atoms with Gasteiger partial charge in [0, 0.05) is 6.20 Å². The second-order valence-electron chi connectivity index (χ2n) is 3.63. The summed E-state index contributed by atoms with van der Waals surface area (Å²) in [7, 11) is 0. The number of tetrazole rings is 1. The largest absolute Gasteiger partial charge is 0.341 e. The molecule has 0 fully saturated rings. The van der Waals surface area contributed by atoms with Crippen molar-refractivity contribution in [3.63, 3.8) is 0 Å². The minimum atomic E-state index is -0.317. The molecular formula is C10H12N6O. The number of carbonyl (C=O) groups is 1. The molecule has 0 bridgehead atoms. The summed E-state index contributed by atoms with van der Waals surface area (Å²) in [5.41, 5.74) is 1.23. The Morgan fingerprint density at radius 3 is 3.00 bits per heavy atom. The van der Waals surface area contributed by atoms with Crippen LogP contribution in [0, 0.1) is 6.92 Å². The van der Waals surface area contributed by atoms with Gasteiger partial charge in [-0.1, -0.05) is 11.3 Å². The molecule has 1 unspecified atom stereocenters. The molecule has 7 nitrogen and oxygen atoms in total. The maximum atomic E-state index is 11.9. The van der Waals surface area contributed by atoms with E-state index in [1.54, 1.807) is 19.2 Å². The topological polar surface area (TPSA) is 96.5 Å². The lowest BCUT2D eigenvalue weighted by Gasteiger charge is -2.10. The zero-order chi connectivity index (χ0) is 12.3. The van der Waals surface area contributed by atoms with Crippen molar-refractivity contribution in [1.82, 2.24) is 30.9 Å². The van der Waals surface area contributed by atoms with Crippen LogP contribution in [0.1, 0.15) is 34.8 Å². The molecule has 2 N–H and O–H groups in total. The van der Waals surface area contributed by atoms with E-state index in [4.69, 9.17) is 0 Å². The first-order chi connectivity index (χ1) is 8.18. The van der Waals surface area contributed by atoms with Crippen molar-refractivity contribution in [2.24, 2.45) is 0 Å². The number of pyridine rings is 1. The first-order valence-corrected chi connectivity index (χ1v) is 5.14. The second kappa shape index (κ2) is 4.69. The van der Waals surface area contributed by atoms with E-state index in [1.165, 1.54) is 0 Å². The van der Waals surface area contributed by atoms with Crippen molar-refractivity contribution < 1.29 is 4.79 Å². The first-order valence-electron chi connectivity index (χ1n) is 5.14. The van der Waals surface area contributed by atoms with E-state index in [9.17, 15) is 4.79 Å². The Balaban J connectivity index is 2.10. The normalized spacial score (nSPS) is 12.1. The quantitative estimate of drug-likeness (QED) is 0.798. The van der Waals surface area contributed by atoms with Crippen LogP contribution in [-0.2, 0) is 0 Å². The molecule has 0 aliphatic rings. The van der Waals surface area contributed by atoms with E-state index in [1.807, 2.05) is 13.0 Å². The Kier molecular flexibility index (Phi) is 3.08. The minimum Gasteiger partial charge on any atom is -0.341 e. The number of nitrogens with zero attached hydrogens (tertiary/aromatic N) is 4. The molecule has 0 saturated heterocycles. The number of carbonyl (C=O) groups excluding carboxylic acids is 1. The van der Waals surface area contributed by atoms with Gasteiger partial charge in [0.2, 0.25) is 0 Å². The Labute approximate surface area is 97.7 Å². The number of nitrogens with one attached hydrogen (secondary N) is 2. The van der Waals surface area contributed by atoms with E-state index in [0.717, 1.165) is 5.56 Å². The molecule has 0 aliphatic heterocycles. The van der Waals surface area contributed by atoms with Crippen LogP contribution >= 0.6 is 0 Å². The van der Waals surface area contributed by atoms with Crippen LogP contribution in [0.2, 0.25) is 0 Å². The van der Waals surface area contributed by atoms with Crippen LogP contribution < -0.4 is 5.32 Å². The Morgan fingerprint density at radius 2 is 2.35 bits per heavy atom. The summed E-state index contributed by atoms with van der Waals surface area (Å²) in [6.45, 7) is 3.61. The predicted octanol–water partition coefficient (Wildman–Crippen LogP) is 0.394. The second-order valence-corrected chi connectivity index (χ2v) is 3.63. The fourth-order valence-electron chi connectivity index (χ4n) is 1.41. The number of hydrogen-bond acceptors (Lipinski definition) is 5. The number of amides is 1. The van der Waals surface area contributed by atoms with Gasteiger partial charge < -0.3 is 5.32 Å². The lowest BCUT2D eigenvalue weighted by molar-refractivity contribution is 0.0932. The molecule has 0 radical (unpaired) electrons. The van der Waals surface area contributed by atoms with Gasteiger partial charge in [0.25, 0.3) is 5.91 Å². The van der Waals surface area contributed by atoms with Gasteiger partial charge in [-0.2, -0.15) is 5.21 Å². The Morgan fingerprint density at radius 1 is 1.53 bits per heavy atom. The number of aryl methyl sites for hydroxylation is 1. The molecule has 0 aromatic carbocycles. The third-order valence-electron chi connectivity index (χ3n) is 2.32. The number of aromatic amines is 1. The van der Waals surface area contributed by atoms with Crippen LogP contribution in [0.25, 0.3) is 0 Å². The molecule has 0 spiro atoms. The van der Waals surface area contributed by atoms with E-state index in [0.29, 0.717) is 11.5 Å². The third kappa shape index (κ3) is 2.44.